The van der Waals surface area contributed by atoms with E-state index in [1.54, 1.807) is 29.2 Å². The average Bonchev–Trinajstić information content (AvgIpc) is 2.79. The van der Waals surface area contributed by atoms with E-state index in [-0.39, 0.29) is 29.3 Å². The smallest absolute Gasteiger partial charge is 0.341 e. The number of nitrogens with zero attached hydrogens (tertiary/aromatic N) is 1. The van der Waals surface area contributed by atoms with Gasteiger partial charge in [0.25, 0.3) is 5.91 Å². The van der Waals surface area contributed by atoms with Crippen LogP contribution in [0.2, 0.25) is 0 Å². The standard InChI is InChI=1S/C22H23F3N4O3/c1-26-21(32)28-18-8-6-17(7-9-18)27-19(30)14-10-12-29(13-11-14)20(31)15-2-4-16(5-3-15)22(23,24)25/h2-9,14H,10-13H2,1H3,(H,27,30)(H2,26,28,32). The molecule has 10 heteroatoms. The van der Waals surface area contributed by atoms with Crippen LogP contribution in [-0.4, -0.2) is 42.9 Å². The van der Waals surface area contributed by atoms with Gasteiger partial charge in [-0.3, -0.25) is 9.59 Å². The zero-order valence-electron chi connectivity index (χ0n) is 17.3. The summed E-state index contributed by atoms with van der Waals surface area (Å²) in [7, 11) is 1.51. The molecule has 4 amide bonds. The molecule has 2 aromatic carbocycles. The maximum atomic E-state index is 12.7. The molecule has 1 saturated heterocycles. The van der Waals surface area contributed by atoms with E-state index in [1.807, 2.05) is 0 Å². The third-order valence-electron chi connectivity index (χ3n) is 5.25. The first-order chi connectivity index (χ1) is 15.2. The summed E-state index contributed by atoms with van der Waals surface area (Å²) in [5.41, 5.74) is 0.548. The predicted molar refractivity (Wildman–Crippen MR) is 113 cm³/mol. The molecule has 0 aliphatic carbocycles. The zero-order chi connectivity index (χ0) is 23.3. The minimum Gasteiger partial charge on any atom is -0.341 e. The molecular formula is C22H23F3N4O3. The third-order valence-corrected chi connectivity index (χ3v) is 5.25. The Labute approximate surface area is 183 Å². The first-order valence-electron chi connectivity index (χ1n) is 10.0. The van der Waals surface area contributed by atoms with Crippen LogP contribution in [0.25, 0.3) is 0 Å². The molecule has 1 fully saturated rings. The number of amides is 4. The van der Waals surface area contributed by atoms with E-state index in [2.05, 4.69) is 16.0 Å². The molecule has 3 N–H and O–H groups in total. The lowest BCUT2D eigenvalue weighted by Crippen LogP contribution is -2.41. The van der Waals surface area contributed by atoms with E-state index in [1.165, 1.54) is 19.2 Å². The van der Waals surface area contributed by atoms with Gasteiger partial charge in [-0.25, -0.2) is 4.79 Å². The molecule has 3 rings (SSSR count). The topological polar surface area (TPSA) is 90.5 Å². The van der Waals surface area contributed by atoms with Crippen molar-refractivity contribution in [2.75, 3.05) is 30.8 Å². The number of urea groups is 1. The van der Waals surface area contributed by atoms with Crippen LogP contribution >= 0.6 is 0 Å². The monoisotopic (exact) mass is 448 g/mol. The number of alkyl halides is 3. The maximum absolute atomic E-state index is 12.7. The summed E-state index contributed by atoms with van der Waals surface area (Å²) in [5, 5.41) is 7.88. The molecule has 170 valence electrons. The summed E-state index contributed by atoms with van der Waals surface area (Å²) >= 11 is 0. The van der Waals surface area contributed by atoms with E-state index < -0.39 is 11.7 Å². The molecule has 1 aliphatic heterocycles. The van der Waals surface area contributed by atoms with Crippen molar-refractivity contribution in [1.29, 1.82) is 0 Å². The van der Waals surface area contributed by atoms with E-state index in [0.717, 1.165) is 12.1 Å². The highest BCUT2D eigenvalue weighted by Gasteiger charge is 2.31. The molecule has 0 unspecified atom stereocenters. The Hall–Kier alpha value is -3.56. The second kappa shape index (κ2) is 9.71. The Morgan fingerprint density at radius 3 is 1.91 bits per heavy atom. The Morgan fingerprint density at radius 1 is 0.875 bits per heavy atom. The summed E-state index contributed by atoms with van der Waals surface area (Å²) in [6, 6.07) is 10.5. The average molecular weight is 448 g/mol. The quantitative estimate of drug-likeness (QED) is 0.662. The third kappa shape index (κ3) is 5.77. The van der Waals surface area contributed by atoms with E-state index >= 15 is 0 Å². The molecule has 0 aromatic heterocycles. The summed E-state index contributed by atoms with van der Waals surface area (Å²) in [6.45, 7) is 0.680. The molecule has 0 bridgehead atoms. The maximum Gasteiger partial charge on any atom is 0.416 e. The van der Waals surface area contributed by atoms with Crippen LogP contribution in [-0.2, 0) is 11.0 Å². The molecule has 7 nitrogen and oxygen atoms in total. The lowest BCUT2D eigenvalue weighted by Gasteiger charge is -2.31. The van der Waals surface area contributed by atoms with Gasteiger partial charge in [-0.2, -0.15) is 13.2 Å². The van der Waals surface area contributed by atoms with Crippen molar-refractivity contribution in [1.82, 2.24) is 10.2 Å². The first kappa shape index (κ1) is 23.1. The SMILES string of the molecule is CNC(=O)Nc1ccc(NC(=O)C2CCN(C(=O)c3ccc(C(F)(F)F)cc3)CC2)cc1. The van der Waals surface area contributed by atoms with Gasteiger partial charge >= 0.3 is 12.2 Å². The first-order valence-corrected chi connectivity index (χ1v) is 10.0. The lowest BCUT2D eigenvalue weighted by atomic mass is 9.95. The predicted octanol–water partition coefficient (Wildman–Crippen LogP) is 3.95. The number of likely N-dealkylation sites (tertiary alicyclic amines) is 1. The highest BCUT2D eigenvalue weighted by Crippen LogP contribution is 2.29. The number of carbonyl (C=O) groups excluding carboxylic acids is 3. The molecule has 0 saturated carbocycles. The van der Waals surface area contributed by atoms with E-state index in [9.17, 15) is 27.6 Å². The number of halogens is 3. The summed E-state index contributed by atoms with van der Waals surface area (Å²) < 4.78 is 38.0. The minimum atomic E-state index is -4.45. The summed E-state index contributed by atoms with van der Waals surface area (Å²) in [4.78, 5) is 38.0. The van der Waals surface area contributed by atoms with Crippen LogP contribution in [0.4, 0.5) is 29.3 Å². The number of hydrogen-bond acceptors (Lipinski definition) is 3. The number of rotatable bonds is 4. The summed E-state index contributed by atoms with van der Waals surface area (Å²) in [6.07, 6.45) is -3.54. The van der Waals surface area contributed by atoms with Crippen molar-refractivity contribution in [2.24, 2.45) is 5.92 Å². The van der Waals surface area contributed by atoms with E-state index in [0.29, 0.717) is 37.3 Å². The normalized spacial score (nSPS) is 14.6. The lowest BCUT2D eigenvalue weighted by molar-refractivity contribution is -0.137. The Kier molecular flexibility index (Phi) is 7.01. The molecule has 0 spiro atoms. The van der Waals surface area contributed by atoms with Crippen LogP contribution in [0, 0.1) is 5.92 Å². The van der Waals surface area contributed by atoms with Gasteiger partial charge in [-0.05, 0) is 61.4 Å². The van der Waals surface area contributed by atoms with Crippen LogP contribution in [0.1, 0.15) is 28.8 Å². The number of hydrogen-bond donors (Lipinski definition) is 3. The van der Waals surface area contributed by atoms with Gasteiger partial charge in [-0.1, -0.05) is 0 Å². The highest BCUT2D eigenvalue weighted by molar-refractivity contribution is 5.95. The number of anilines is 2. The highest BCUT2D eigenvalue weighted by atomic mass is 19.4. The zero-order valence-corrected chi connectivity index (χ0v) is 17.3. The largest absolute Gasteiger partial charge is 0.416 e. The number of benzene rings is 2. The van der Waals surface area contributed by atoms with Gasteiger partial charge in [0.2, 0.25) is 5.91 Å². The van der Waals surface area contributed by atoms with Crippen molar-refractivity contribution >= 4 is 29.2 Å². The molecular weight excluding hydrogens is 425 g/mol. The van der Waals surface area contributed by atoms with Gasteiger partial charge in [-0.15, -0.1) is 0 Å². The summed E-state index contributed by atoms with van der Waals surface area (Å²) in [5.74, 6) is -0.800. The minimum absolute atomic E-state index is 0.168. The van der Waals surface area contributed by atoms with Gasteiger partial charge < -0.3 is 20.9 Å². The second-order valence-corrected chi connectivity index (χ2v) is 7.41. The fourth-order valence-electron chi connectivity index (χ4n) is 3.40. The van der Waals surface area contributed by atoms with Gasteiger partial charge in [0.1, 0.15) is 0 Å². The number of carbonyl (C=O) groups is 3. The Morgan fingerprint density at radius 2 is 1.41 bits per heavy atom. The van der Waals surface area contributed by atoms with Crippen LogP contribution in [0.3, 0.4) is 0 Å². The van der Waals surface area contributed by atoms with Crippen molar-refractivity contribution in [2.45, 2.75) is 19.0 Å². The molecule has 0 radical (unpaired) electrons. The Balaban J connectivity index is 1.51. The van der Waals surface area contributed by atoms with Crippen molar-refractivity contribution in [3.63, 3.8) is 0 Å². The second-order valence-electron chi connectivity index (χ2n) is 7.41. The van der Waals surface area contributed by atoms with Crippen LogP contribution in [0.15, 0.2) is 48.5 Å². The van der Waals surface area contributed by atoms with Gasteiger partial charge in [0.15, 0.2) is 0 Å². The fraction of sp³-hybridized carbons (Fsp3) is 0.318. The van der Waals surface area contributed by atoms with Gasteiger partial charge in [0, 0.05) is 43.0 Å². The molecule has 1 heterocycles. The van der Waals surface area contributed by atoms with E-state index in [4.69, 9.17) is 0 Å². The molecule has 2 aromatic rings. The fourth-order valence-corrected chi connectivity index (χ4v) is 3.40. The van der Waals surface area contributed by atoms with Crippen LogP contribution in [0.5, 0.6) is 0 Å². The number of piperidine rings is 1. The van der Waals surface area contributed by atoms with Crippen molar-refractivity contribution in [3.8, 4) is 0 Å². The van der Waals surface area contributed by atoms with Gasteiger partial charge in [0.05, 0.1) is 5.56 Å². The number of nitrogens with one attached hydrogen (secondary N) is 3. The molecule has 0 atom stereocenters. The molecule has 32 heavy (non-hydrogen) atoms. The van der Waals surface area contributed by atoms with Crippen molar-refractivity contribution in [3.05, 3.63) is 59.7 Å². The molecule has 1 aliphatic rings. The van der Waals surface area contributed by atoms with Crippen LogP contribution < -0.4 is 16.0 Å². The Bertz CT molecular complexity index is 967. The van der Waals surface area contributed by atoms with Crippen molar-refractivity contribution < 1.29 is 27.6 Å².